The Morgan fingerprint density at radius 2 is 1.75 bits per heavy atom. The van der Waals surface area contributed by atoms with Crippen LogP contribution in [0, 0.1) is 5.92 Å². The predicted octanol–water partition coefficient (Wildman–Crippen LogP) is 1.49. The van der Waals surface area contributed by atoms with E-state index >= 15 is 0 Å². The van der Waals surface area contributed by atoms with E-state index in [-0.39, 0.29) is 0 Å². The Labute approximate surface area is 99.5 Å². The summed E-state index contributed by atoms with van der Waals surface area (Å²) in [6, 6.07) is 1.38. The molecule has 0 aromatic carbocycles. The maximum Gasteiger partial charge on any atom is 0.0480 e. The number of piperidine rings is 1. The molecule has 0 radical (unpaired) electrons. The summed E-state index contributed by atoms with van der Waals surface area (Å²) in [4.78, 5) is 2.44. The lowest BCUT2D eigenvalue weighted by Crippen LogP contribution is -2.46. The topological polar surface area (TPSA) is 24.5 Å². The minimum atomic E-state index is 0.678. The van der Waals surface area contributed by atoms with Crippen LogP contribution in [0.3, 0.4) is 0 Å². The summed E-state index contributed by atoms with van der Waals surface area (Å²) in [5.74, 6) is 0.874. The molecule has 0 bridgehead atoms. The lowest BCUT2D eigenvalue weighted by atomic mass is 9.89. The van der Waals surface area contributed by atoms with Crippen LogP contribution in [0.2, 0.25) is 0 Å². The minimum absolute atomic E-state index is 0.678. The summed E-state index contributed by atoms with van der Waals surface area (Å²) < 4.78 is 5.39. The van der Waals surface area contributed by atoms with Crippen molar-refractivity contribution in [2.24, 2.45) is 5.92 Å². The monoisotopic (exact) mass is 226 g/mol. The molecule has 3 heteroatoms. The van der Waals surface area contributed by atoms with Gasteiger partial charge in [0.2, 0.25) is 0 Å². The smallest absolute Gasteiger partial charge is 0.0480 e. The van der Waals surface area contributed by atoms with E-state index < -0.39 is 0 Å². The largest absolute Gasteiger partial charge is 0.381 e. The van der Waals surface area contributed by atoms with Gasteiger partial charge in [0.05, 0.1) is 0 Å². The molecule has 0 spiro atoms. The number of hydrogen-bond donors (Lipinski definition) is 1. The third-order valence-corrected chi connectivity index (χ3v) is 4.19. The van der Waals surface area contributed by atoms with Crippen molar-refractivity contribution in [3.8, 4) is 0 Å². The van der Waals surface area contributed by atoms with Crippen LogP contribution in [0.4, 0.5) is 0 Å². The van der Waals surface area contributed by atoms with Gasteiger partial charge in [0, 0.05) is 25.3 Å². The van der Waals surface area contributed by atoms with Gasteiger partial charge in [-0.15, -0.1) is 0 Å². The van der Waals surface area contributed by atoms with Gasteiger partial charge in [-0.05, 0) is 58.7 Å². The van der Waals surface area contributed by atoms with E-state index in [9.17, 15) is 0 Å². The Kier molecular flexibility index (Phi) is 4.62. The summed E-state index contributed by atoms with van der Waals surface area (Å²) in [5, 5.41) is 3.80. The standard InChI is InChI=1S/C13H26N2O/c1-11(12-3-7-15(2)8-4-12)14-13-5-9-16-10-6-13/h11-14H,3-10H2,1-2H3. The second-order valence-corrected chi connectivity index (χ2v) is 5.48. The average Bonchev–Trinajstić information content (AvgIpc) is 2.31. The van der Waals surface area contributed by atoms with Crippen molar-refractivity contribution in [1.82, 2.24) is 10.2 Å². The predicted molar refractivity (Wildman–Crippen MR) is 66.7 cm³/mol. The zero-order valence-corrected chi connectivity index (χ0v) is 10.7. The summed E-state index contributed by atoms with van der Waals surface area (Å²) in [6.07, 6.45) is 5.09. The molecule has 3 nitrogen and oxygen atoms in total. The van der Waals surface area contributed by atoms with Crippen LogP contribution in [0.1, 0.15) is 32.6 Å². The van der Waals surface area contributed by atoms with Crippen LogP contribution in [-0.4, -0.2) is 50.3 Å². The Hall–Kier alpha value is -0.120. The molecule has 2 fully saturated rings. The molecule has 0 aliphatic carbocycles. The number of nitrogens with one attached hydrogen (secondary N) is 1. The van der Waals surface area contributed by atoms with E-state index in [4.69, 9.17) is 4.74 Å². The summed E-state index contributed by atoms with van der Waals surface area (Å²) in [7, 11) is 2.23. The molecule has 2 aliphatic rings. The van der Waals surface area contributed by atoms with E-state index in [0.717, 1.165) is 19.1 Å². The molecule has 16 heavy (non-hydrogen) atoms. The second-order valence-electron chi connectivity index (χ2n) is 5.48. The van der Waals surface area contributed by atoms with Crippen molar-refractivity contribution in [2.45, 2.75) is 44.7 Å². The van der Waals surface area contributed by atoms with Crippen molar-refractivity contribution in [1.29, 1.82) is 0 Å². The molecule has 2 heterocycles. The van der Waals surface area contributed by atoms with Crippen molar-refractivity contribution < 1.29 is 4.74 Å². The molecule has 0 aromatic rings. The molecule has 1 N–H and O–H groups in total. The van der Waals surface area contributed by atoms with Gasteiger partial charge in [0.25, 0.3) is 0 Å². The van der Waals surface area contributed by atoms with Gasteiger partial charge in [-0.25, -0.2) is 0 Å². The Morgan fingerprint density at radius 3 is 2.38 bits per heavy atom. The van der Waals surface area contributed by atoms with E-state index in [2.05, 4.69) is 24.2 Å². The summed E-state index contributed by atoms with van der Waals surface area (Å²) in [5.41, 5.74) is 0. The van der Waals surface area contributed by atoms with Crippen LogP contribution >= 0.6 is 0 Å². The van der Waals surface area contributed by atoms with Gasteiger partial charge < -0.3 is 15.0 Å². The molecule has 2 aliphatic heterocycles. The molecule has 0 amide bonds. The van der Waals surface area contributed by atoms with Crippen molar-refractivity contribution in [3.63, 3.8) is 0 Å². The third-order valence-electron chi connectivity index (χ3n) is 4.19. The first kappa shape index (κ1) is 12.3. The second kappa shape index (κ2) is 5.99. The molecule has 2 rings (SSSR count). The Bertz CT molecular complexity index is 196. The molecule has 2 saturated heterocycles. The first-order chi connectivity index (χ1) is 7.75. The lowest BCUT2D eigenvalue weighted by Gasteiger charge is -2.36. The summed E-state index contributed by atoms with van der Waals surface area (Å²) >= 11 is 0. The number of nitrogens with zero attached hydrogens (tertiary/aromatic N) is 1. The normalized spacial score (nSPS) is 28.1. The highest BCUT2D eigenvalue weighted by molar-refractivity contribution is 4.82. The van der Waals surface area contributed by atoms with Gasteiger partial charge in [-0.1, -0.05) is 0 Å². The summed E-state index contributed by atoms with van der Waals surface area (Å²) in [6.45, 7) is 6.79. The maximum absolute atomic E-state index is 5.39. The van der Waals surface area contributed by atoms with Crippen LogP contribution in [0.25, 0.3) is 0 Å². The zero-order valence-electron chi connectivity index (χ0n) is 10.7. The zero-order chi connectivity index (χ0) is 11.4. The highest BCUT2D eigenvalue weighted by Crippen LogP contribution is 2.21. The SMILES string of the molecule is CC(NC1CCOCC1)C1CCN(C)CC1. The average molecular weight is 226 g/mol. The molecular formula is C13H26N2O. The Balaban J connectivity index is 1.72. The number of likely N-dealkylation sites (tertiary alicyclic amines) is 1. The highest BCUT2D eigenvalue weighted by atomic mass is 16.5. The van der Waals surface area contributed by atoms with E-state index in [1.165, 1.54) is 38.8 Å². The number of hydrogen-bond acceptors (Lipinski definition) is 3. The molecule has 1 unspecified atom stereocenters. The van der Waals surface area contributed by atoms with E-state index in [1.807, 2.05) is 0 Å². The van der Waals surface area contributed by atoms with Crippen LogP contribution in [-0.2, 0) is 4.74 Å². The fourth-order valence-electron chi connectivity index (χ4n) is 2.90. The van der Waals surface area contributed by atoms with Gasteiger partial charge in [-0.2, -0.15) is 0 Å². The third kappa shape index (κ3) is 3.44. The first-order valence-electron chi connectivity index (χ1n) is 6.78. The molecule has 1 atom stereocenters. The first-order valence-corrected chi connectivity index (χ1v) is 6.78. The van der Waals surface area contributed by atoms with Crippen LogP contribution in [0.15, 0.2) is 0 Å². The van der Waals surface area contributed by atoms with Crippen LogP contribution < -0.4 is 5.32 Å². The van der Waals surface area contributed by atoms with E-state index in [0.29, 0.717) is 12.1 Å². The number of ether oxygens (including phenoxy) is 1. The van der Waals surface area contributed by atoms with Gasteiger partial charge in [-0.3, -0.25) is 0 Å². The number of rotatable bonds is 3. The minimum Gasteiger partial charge on any atom is -0.381 e. The molecule has 0 aromatic heterocycles. The quantitative estimate of drug-likeness (QED) is 0.789. The van der Waals surface area contributed by atoms with Crippen molar-refractivity contribution in [2.75, 3.05) is 33.4 Å². The van der Waals surface area contributed by atoms with Gasteiger partial charge >= 0.3 is 0 Å². The van der Waals surface area contributed by atoms with Gasteiger partial charge in [0.15, 0.2) is 0 Å². The molecular weight excluding hydrogens is 200 g/mol. The fraction of sp³-hybridized carbons (Fsp3) is 1.00. The van der Waals surface area contributed by atoms with Crippen LogP contribution in [0.5, 0.6) is 0 Å². The fourth-order valence-corrected chi connectivity index (χ4v) is 2.90. The maximum atomic E-state index is 5.39. The van der Waals surface area contributed by atoms with Crippen molar-refractivity contribution in [3.05, 3.63) is 0 Å². The lowest BCUT2D eigenvalue weighted by molar-refractivity contribution is 0.0704. The molecule has 0 saturated carbocycles. The van der Waals surface area contributed by atoms with Gasteiger partial charge in [0.1, 0.15) is 0 Å². The molecule has 94 valence electrons. The Morgan fingerprint density at radius 1 is 1.12 bits per heavy atom. The van der Waals surface area contributed by atoms with Crippen molar-refractivity contribution >= 4 is 0 Å². The highest BCUT2D eigenvalue weighted by Gasteiger charge is 2.24. The van der Waals surface area contributed by atoms with E-state index in [1.54, 1.807) is 0 Å².